The van der Waals surface area contributed by atoms with E-state index in [9.17, 15) is 18.0 Å². The van der Waals surface area contributed by atoms with E-state index in [1.54, 1.807) is 0 Å². The second-order valence-electron chi connectivity index (χ2n) is 6.90. The molecule has 7 heteroatoms. The summed E-state index contributed by atoms with van der Waals surface area (Å²) in [5.41, 5.74) is 0.0595. The van der Waals surface area contributed by atoms with Crippen LogP contribution in [0.25, 0.3) is 0 Å². The Hall–Kier alpha value is -1.11. The van der Waals surface area contributed by atoms with Gasteiger partial charge in [0.25, 0.3) is 0 Å². The topological polar surface area (TPSA) is 89.5 Å². The first kappa shape index (κ1) is 16.3. The van der Waals surface area contributed by atoms with Crippen LogP contribution in [0.2, 0.25) is 0 Å². The summed E-state index contributed by atoms with van der Waals surface area (Å²) in [6, 6.07) is 0. The van der Waals surface area contributed by atoms with Crippen LogP contribution >= 0.6 is 0 Å². The molecule has 0 aromatic carbocycles. The van der Waals surface area contributed by atoms with Gasteiger partial charge in [-0.2, -0.15) is 0 Å². The number of amides is 1. The molecule has 0 spiro atoms. The summed E-state index contributed by atoms with van der Waals surface area (Å²) in [6.45, 7) is 4.13. The maximum Gasteiger partial charge on any atom is 0.326 e. The number of carbonyl (C=O) groups is 2. The molecule has 2 rings (SSSR count). The normalized spacial score (nSPS) is 26.1. The highest BCUT2D eigenvalue weighted by Gasteiger charge is 2.47. The van der Waals surface area contributed by atoms with Gasteiger partial charge in [0.05, 0.1) is 7.11 Å². The molecule has 0 aliphatic heterocycles. The van der Waals surface area contributed by atoms with Gasteiger partial charge in [-0.05, 0) is 43.4 Å². The zero-order valence-corrected chi connectivity index (χ0v) is 13.5. The smallest absolute Gasteiger partial charge is 0.326 e. The largest absolute Gasteiger partial charge is 0.468 e. The molecule has 0 bridgehead atoms. The molecule has 0 saturated heterocycles. The third kappa shape index (κ3) is 3.75. The zero-order chi connectivity index (χ0) is 15.8. The van der Waals surface area contributed by atoms with Crippen molar-refractivity contribution in [2.75, 3.05) is 7.11 Å². The van der Waals surface area contributed by atoms with E-state index in [0.29, 0.717) is 25.7 Å². The molecule has 0 aromatic heterocycles. The van der Waals surface area contributed by atoms with E-state index in [4.69, 9.17) is 0 Å². The van der Waals surface area contributed by atoms with Gasteiger partial charge in [0.2, 0.25) is 15.9 Å². The van der Waals surface area contributed by atoms with E-state index in [-0.39, 0.29) is 17.3 Å². The van der Waals surface area contributed by atoms with Crippen molar-refractivity contribution in [3.63, 3.8) is 0 Å². The van der Waals surface area contributed by atoms with Crippen molar-refractivity contribution < 1.29 is 22.7 Å². The molecular formula is C14H23NO5S. The quantitative estimate of drug-likeness (QED) is 0.770. The third-order valence-electron chi connectivity index (χ3n) is 4.40. The summed E-state index contributed by atoms with van der Waals surface area (Å²) < 4.78 is 31.3. The number of hydrogen-bond donors (Lipinski definition) is 1. The molecule has 2 fully saturated rings. The summed E-state index contributed by atoms with van der Waals surface area (Å²) in [7, 11) is -2.86. The lowest BCUT2D eigenvalue weighted by molar-refractivity contribution is -0.140. The van der Waals surface area contributed by atoms with Crippen molar-refractivity contribution in [1.82, 2.24) is 4.72 Å². The minimum atomic E-state index is -4.02. The highest BCUT2D eigenvalue weighted by atomic mass is 32.2. The standard InChI is InChI=1S/C14H23NO5S/c1-14(2)7-6-10(8-14)12(16)15-21(18,19)11(9-4-5-9)13(17)20-3/h9-11H,4-8H2,1-3H3,(H,15,16). The Balaban J connectivity index is 2.06. The highest BCUT2D eigenvalue weighted by Crippen LogP contribution is 2.41. The van der Waals surface area contributed by atoms with Gasteiger partial charge < -0.3 is 4.74 Å². The number of sulfonamides is 1. The lowest BCUT2D eigenvalue weighted by Gasteiger charge is -2.19. The Labute approximate surface area is 125 Å². The molecule has 2 saturated carbocycles. The number of hydrogen-bond acceptors (Lipinski definition) is 5. The van der Waals surface area contributed by atoms with Crippen molar-refractivity contribution in [3.05, 3.63) is 0 Å². The zero-order valence-electron chi connectivity index (χ0n) is 12.7. The summed E-state index contributed by atoms with van der Waals surface area (Å²) in [4.78, 5) is 23.9. The number of methoxy groups -OCH3 is 1. The first-order valence-corrected chi connectivity index (χ1v) is 8.84. The molecule has 2 aliphatic carbocycles. The molecule has 2 unspecified atom stereocenters. The van der Waals surface area contributed by atoms with Gasteiger partial charge in [0, 0.05) is 5.92 Å². The Bertz CT molecular complexity index is 536. The maximum atomic E-state index is 12.3. The van der Waals surface area contributed by atoms with Crippen molar-refractivity contribution >= 4 is 21.9 Å². The fraction of sp³-hybridized carbons (Fsp3) is 0.857. The van der Waals surface area contributed by atoms with Crippen LogP contribution in [0.15, 0.2) is 0 Å². The predicted molar refractivity (Wildman–Crippen MR) is 76.7 cm³/mol. The molecular weight excluding hydrogens is 294 g/mol. The summed E-state index contributed by atoms with van der Waals surface area (Å²) in [5.74, 6) is -1.81. The van der Waals surface area contributed by atoms with Gasteiger partial charge >= 0.3 is 5.97 Å². The summed E-state index contributed by atoms with van der Waals surface area (Å²) >= 11 is 0. The predicted octanol–water partition coefficient (Wildman–Crippen LogP) is 1.21. The summed E-state index contributed by atoms with van der Waals surface area (Å²) in [5, 5.41) is -1.26. The minimum Gasteiger partial charge on any atom is -0.468 e. The van der Waals surface area contributed by atoms with Crippen molar-refractivity contribution in [1.29, 1.82) is 0 Å². The van der Waals surface area contributed by atoms with E-state index in [1.807, 2.05) is 0 Å². The molecule has 21 heavy (non-hydrogen) atoms. The molecule has 1 N–H and O–H groups in total. The maximum absolute atomic E-state index is 12.3. The van der Waals surface area contributed by atoms with E-state index >= 15 is 0 Å². The molecule has 2 atom stereocenters. The van der Waals surface area contributed by atoms with E-state index < -0.39 is 27.1 Å². The van der Waals surface area contributed by atoms with Gasteiger partial charge in [-0.15, -0.1) is 0 Å². The monoisotopic (exact) mass is 317 g/mol. The van der Waals surface area contributed by atoms with Gasteiger partial charge in [0.1, 0.15) is 0 Å². The Morgan fingerprint density at radius 2 is 1.86 bits per heavy atom. The lowest BCUT2D eigenvalue weighted by atomic mass is 9.90. The SMILES string of the molecule is COC(=O)C(C1CC1)S(=O)(=O)NC(=O)C1CCC(C)(C)C1. The number of esters is 1. The van der Waals surface area contributed by atoms with Gasteiger partial charge in [0.15, 0.2) is 5.25 Å². The number of rotatable bonds is 5. The number of ether oxygens (including phenoxy) is 1. The lowest BCUT2D eigenvalue weighted by Crippen LogP contribution is -2.45. The molecule has 6 nitrogen and oxygen atoms in total. The van der Waals surface area contributed by atoms with Crippen LogP contribution in [0.5, 0.6) is 0 Å². The Morgan fingerprint density at radius 1 is 1.24 bits per heavy atom. The Kier molecular flexibility index (Phi) is 4.33. The van der Waals surface area contributed by atoms with Crippen molar-refractivity contribution in [3.8, 4) is 0 Å². The average molecular weight is 317 g/mol. The van der Waals surface area contributed by atoms with Crippen LogP contribution in [-0.2, 0) is 24.3 Å². The minimum absolute atomic E-state index is 0.0595. The fourth-order valence-electron chi connectivity index (χ4n) is 3.03. The molecule has 1 amide bonds. The van der Waals surface area contributed by atoms with Gasteiger partial charge in [-0.1, -0.05) is 13.8 Å². The molecule has 0 aromatic rings. The van der Waals surface area contributed by atoms with Crippen LogP contribution in [0.4, 0.5) is 0 Å². The van der Waals surface area contributed by atoms with Crippen molar-refractivity contribution in [2.24, 2.45) is 17.3 Å². The average Bonchev–Trinajstić information content (AvgIpc) is 3.11. The first-order valence-electron chi connectivity index (χ1n) is 7.29. The van der Waals surface area contributed by atoms with Gasteiger partial charge in [-0.3, -0.25) is 14.3 Å². The highest BCUT2D eigenvalue weighted by molar-refractivity contribution is 7.91. The van der Waals surface area contributed by atoms with Crippen molar-refractivity contribution in [2.45, 2.75) is 51.2 Å². The van der Waals surface area contributed by atoms with Crippen LogP contribution < -0.4 is 4.72 Å². The Morgan fingerprint density at radius 3 is 2.29 bits per heavy atom. The molecule has 0 heterocycles. The van der Waals surface area contributed by atoms with Crippen LogP contribution in [0.3, 0.4) is 0 Å². The number of nitrogens with one attached hydrogen (secondary N) is 1. The third-order valence-corrected chi connectivity index (χ3v) is 6.13. The van der Waals surface area contributed by atoms with E-state index in [1.165, 1.54) is 0 Å². The fourth-order valence-corrected chi connectivity index (χ4v) is 4.74. The van der Waals surface area contributed by atoms with Crippen LogP contribution in [-0.4, -0.2) is 32.7 Å². The number of carbonyl (C=O) groups excluding carboxylic acids is 2. The summed E-state index contributed by atoms with van der Waals surface area (Å²) in [6.07, 6.45) is 3.59. The molecule has 0 radical (unpaired) electrons. The van der Waals surface area contributed by atoms with Crippen LogP contribution in [0, 0.1) is 17.3 Å². The first-order chi connectivity index (χ1) is 9.66. The van der Waals surface area contributed by atoms with E-state index in [0.717, 1.165) is 13.5 Å². The van der Waals surface area contributed by atoms with E-state index in [2.05, 4.69) is 23.3 Å². The molecule has 2 aliphatic rings. The molecule has 120 valence electrons. The van der Waals surface area contributed by atoms with Gasteiger partial charge in [-0.25, -0.2) is 8.42 Å². The second kappa shape index (κ2) is 5.59. The second-order valence-corrected chi connectivity index (χ2v) is 8.70. The van der Waals surface area contributed by atoms with Crippen LogP contribution in [0.1, 0.15) is 46.0 Å².